The van der Waals surface area contributed by atoms with Gasteiger partial charge in [0.25, 0.3) is 0 Å². The van der Waals surface area contributed by atoms with Crippen molar-refractivity contribution >= 4 is 57.2 Å². The minimum atomic E-state index is -4.62. The van der Waals surface area contributed by atoms with E-state index in [1.54, 1.807) is 30.3 Å². The Labute approximate surface area is 154 Å². The molecule has 0 aliphatic rings. The van der Waals surface area contributed by atoms with Gasteiger partial charge in [0, 0.05) is 6.54 Å². The summed E-state index contributed by atoms with van der Waals surface area (Å²) in [6.45, 7) is -0.167. The first-order valence-electron chi connectivity index (χ1n) is 5.89. The van der Waals surface area contributed by atoms with Gasteiger partial charge in [-0.15, -0.1) is 0 Å². The summed E-state index contributed by atoms with van der Waals surface area (Å²) < 4.78 is 11.4. The maximum atomic E-state index is 11.8. The van der Waals surface area contributed by atoms with Gasteiger partial charge in [0.15, 0.2) is 0 Å². The molecule has 21 heavy (non-hydrogen) atoms. The summed E-state index contributed by atoms with van der Waals surface area (Å²) in [7, 11) is -4.62. The normalized spacial score (nSPS) is 12.1. The van der Waals surface area contributed by atoms with Gasteiger partial charge in [-0.05, 0) is 12.0 Å². The number of carboxylic acids is 1. The van der Waals surface area contributed by atoms with Crippen LogP contribution in [0.2, 0.25) is 0 Å². The summed E-state index contributed by atoms with van der Waals surface area (Å²) in [5, 5.41) is 10.7. The van der Waals surface area contributed by atoms with Crippen molar-refractivity contribution in [2.24, 2.45) is 0 Å². The second kappa shape index (κ2) is 9.56. The fourth-order valence-electron chi connectivity index (χ4n) is 1.61. The molecule has 1 unspecified atom stereocenters. The van der Waals surface area contributed by atoms with Crippen molar-refractivity contribution in [1.29, 1.82) is 0 Å². The number of rotatable bonds is 7. The molecule has 1 rings (SSSR count). The first kappa shape index (κ1) is 20.6. The molecule has 0 saturated carbocycles. The van der Waals surface area contributed by atoms with Gasteiger partial charge in [-0.1, -0.05) is 30.3 Å². The zero-order valence-corrected chi connectivity index (χ0v) is 14.4. The molecule has 7 nitrogen and oxygen atoms in total. The van der Waals surface area contributed by atoms with E-state index in [4.69, 9.17) is 5.11 Å². The summed E-state index contributed by atoms with van der Waals surface area (Å²) in [6.07, 6.45) is -0.408. The van der Waals surface area contributed by atoms with Crippen molar-refractivity contribution in [3.8, 4) is 0 Å². The number of amides is 1. The van der Waals surface area contributed by atoms with Crippen LogP contribution in [0.5, 0.6) is 0 Å². The largest absolute Gasteiger partial charge is 2.00 e. The second-order valence-electron chi connectivity index (χ2n) is 4.23. The Hall–Kier alpha value is -0.430. The molecule has 4 N–H and O–H groups in total. The zero-order chi connectivity index (χ0) is 15.2. The van der Waals surface area contributed by atoms with Crippen molar-refractivity contribution in [3.05, 3.63) is 35.9 Å². The van der Waals surface area contributed by atoms with Crippen LogP contribution < -0.4 is 5.32 Å². The standard InChI is InChI=1S/C12H16NO6P.Ca.2H/c14-11(15)6-7-13-12(16)10(20(17,18)19)8-9-4-2-1-3-5-9;;;/h1-5,10H,6-8H2,(H,13,16)(H,14,15)(H2,17,18,19);;;/q;+2;2*-1. The van der Waals surface area contributed by atoms with Gasteiger partial charge >= 0.3 is 51.3 Å². The molecule has 0 heterocycles. The quantitative estimate of drug-likeness (QED) is 0.414. The molecule has 0 aromatic heterocycles. The fourth-order valence-corrected chi connectivity index (χ4v) is 2.46. The summed E-state index contributed by atoms with van der Waals surface area (Å²) in [4.78, 5) is 40.6. The minimum absolute atomic E-state index is 0. The summed E-state index contributed by atoms with van der Waals surface area (Å²) in [5.74, 6) is -1.94. The number of carboxylic acid groups (broad SMARTS) is 1. The molecule has 1 aromatic carbocycles. The molecule has 0 saturated heterocycles. The molecule has 1 amide bonds. The Morgan fingerprint density at radius 3 is 2.29 bits per heavy atom. The van der Waals surface area contributed by atoms with Crippen molar-refractivity contribution in [3.63, 3.8) is 0 Å². The van der Waals surface area contributed by atoms with E-state index in [2.05, 4.69) is 5.32 Å². The van der Waals surface area contributed by atoms with Gasteiger partial charge in [-0.25, -0.2) is 0 Å². The number of hydrogen-bond donors (Lipinski definition) is 4. The second-order valence-corrected chi connectivity index (χ2v) is 6.03. The third kappa shape index (κ3) is 7.95. The van der Waals surface area contributed by atoms with E-state index in [1.165, 1.54) is 0 Å². The third-order valence-corrected chi connectivity index (χ3v) is 3.85. The first-order chi connectivity index (χ1) is 9.30. The van der Waals surface area contributed by atoms with Crippen LogP contribution in [0.3, 0.4) is 0 Å². The van der Waals surface area contributed by atoms with Gasteiger partial charge in [-0.3, -0.25) is 14.2 Å². The number of carbonyl (C=O) groups excluding carboxylic acids is 1. The minimum Gasteiger partial charge on any atom is -1.00 e. The van der Waals surface area contributed by atoms with Crippen molar-refractivity contribution in [2.45, 2.75) is 18.5 Å². The van der Waals surface area contributed by atoms with Gasteiger partial charge in [0.2, 0.25) is 5.91 Å². The Morgan fingerprint density at radius 1 is 1.24 bits per heavy atom. The van der Waals surface area contributed by atoms with E-state index in [9.17, 15) is 23.9 Å². The van der Waals surface area contributed by atoms with E-state index in [0.717, 1.165) is 0 Å². The van der Waals surface area contributed by atoms with Crippen molar-refractivity contribution in [1.82, 2.24) is 5.32 Å². The van der Waals surface area contributed by atoms with Crippen LogP contribution >= 0.6 is 7.60 Å². The maximum Gasteiger partial charge on any atom is 2.00 e. The number of benzene rings is 1. The molecule has 0 spiro atoms. The summed E-state index contributed by atoms with van der Waals surface area (Å²) >= 11 is 0. The monoisotopic (exact) mass is 343 g/mol. The third-order valence-electron chi connectivity index (χ3n) is 2.62. The van der Waals surface area contributed by atoms with E-state index in [1.807, 2.05) is 0 Å². The van der Waals surface area contributed by atoms with Crippen LogP contribution in [-0.4, -0.2) is 76.7 Å². The van der Waals surface area contributed by atoms with Gasteiger partial charge in [-0.2, -0.15) is 0 Å². The number of carbonyl (C=O) groups is 2. The average molecular weight is 343 g/mol. The van der Waals surface area contributed by atoms with Crippen molar-refractivity contribution in [2.75, 3.05) is 6.54 Å². The molecule has 9 heteroatoms. The maximum absolute atomic E-state index is 11.8. The Balaban J connectivity index is -0.00000133. The van der Waals surface area contributed by atoms with E-state index in [-0.39, 0.29) is 60.0 Å². The predicted molar refractivity (Wildman–Crippen MR) is 79.2 cm³/mol. The zero-order valence-electron chi connectivity index (χ0n) is 13.3. The molecule has 0 aliphatic heterocycles. The summed E-state index contributed by atoms with van der Waals surface area (Å²) in [6, 6.07) is 8.48. The van der Waals surface area contributed by atoms with Crippen LogP contribution in [-0.2, 0) is 20.6 Å². The topological polar surface area (TPSA) is 124 Å². The Morgan fingerprint density at radius 2 is 1.81 bits per heavy atom. The van der Waals surface area contributed by atoms with Crippen LogP contribution in [0.1, 0.15) is 14.8 Å². The Kier molecular flexibility index (Phi) is 9.36. The van der Waals surface area contributed by atoms with Crippen LogP contribution in [0, 0.1) is 0 Å². The Bertz CT molecular complexity index is 528. The molecule has 0 radical (unpaired) electrons. The van der Waals surface area contributed by atoms with Gasteiger partial charge in [0.1, 0.15) is 5.66 Å². The predicted octanol–water partition coefficient (Wildman–Crippen LogP) is 0.210. The number of nitrogens with one attached hydrogen (secondary N) is 1. The van der Waals surface area contributed by atoms with Gasteiger partial charge in [0.05, 0.1) is 6.42 Å². The SMILES string of the molecule is O=C(O)CCNC(=O)C(Cc1ccccc1)P(=O)(O)O.[Ca+2].[H-].[H-]. The fraction of sp³-hybridized carbons (Fsp3) is 0.333. The average Bonchev–Trinajstić information content (AvgIpc) is 2.35. The molecule has 0 bridgehead atoms. The van der Waals surface area contributed by atoms with E-state index < -0.39 is 25.1 Å². The van der Waals surface area contributed by atoms with E-state index >= 15 is 0 Å². The molecular weight excluding hydrogens is 325 g/mol. The summed E-state index contributed by atoms with van der Waals surface area (Å²) in [5.41, 5.74) is -0.895. The van der Waals surface area contributed by atoms with E-state index in [0.29, 0.717) is 5.56 Å². The van der Waals surface area contributed by atoms with Crippen molar-refractivity contribution < 1.29 is 31.9 Å². The molecule has 0 aliphatic carbocycles. The smallest absolute Gasteiger partial charge is 1.00 e. The van der Waals surface area contributed by atoms with Gasteiger partial charge < -0.3 is 23.1 Å². The van der Waals surface area contributed by atoms with Crippen LogP contribution in [0.15, 0.2) is 30.3 Å². The van der Waals surface area contributed by atoms with Crippen LogP contribution in [0.25, 0.3) is 0 Å². The first-order valence-corrected chi connectivity index (χ1v) is 7.57. The molecule has 1 atom stereocenters. The number of aliphatic carboxylic acids is 1. The molecule has 1 aromatic rings. The van der Waals surface area contributed by atoms with Crippen LogP contribution in [0.4, 0.5) is 0 Å². The number of hydrogen-bond acceptors (Lipinski definition) is 3. The molecular formula is C12H18CaNO6P. The molecule has 0 fully saturated rings. The molecule has 114 valence electrons.